The second-order valence-corrected chi connectivity index (χ2v) is 2.82. The number of carbonyl (C=O) groups is 1. The molecule has 0 aromatic rings. The summed E-state index contributed by atoms with van der Waals surface area (Å²) in [7, 11) is 1.42. The number of esters is 1. The zero-order valence-corrected chi connectivity index (χ0v) is 7.61. The zero-order valence-electron chi connectivity index (χ0n) is 6.79. The third kappa shape index (κ3) is 2.67. The lowest BCUT2D eigenvalue weighted by molar-refractivity contribution is -0.142. The number of hydrogen-bond acceptors (Lipinski definition) is 3. The van der Waals surface area contributed by atoms with Gasteiger partial charge in [0.2, 0.25) is 0 Å². The SMILES string of the molecule is COC(=O)[C@H]1C[C@@H](C)CN1.Cl. The van der Waals surface area contributed by atoms with Gasteiger partial charge in [0.05, 0.1) is 7.11 Å². The van der Waals surface area contributed by atoms with Crippen molar-refractivity contribution in [3.63, 3.8) is 0 Å². The Kier molecular flexibility index (Phi) is 4.45. The smallest absolute Gasteiger partial charge is 0.322 e. The number of methoxy groups -OCH3 is 1. The van der Waals surface area contributed by atoms with E-state index in [0.717, 1.165) is 13.0 Å². The number of hydrogen-bond donors (Lipinski definition) is 1. The molecular formula is C7H14ClNO2. The molecule has 2 atom stereocenters. The van der Waals surface area contributed by atoms with Gasteiger partial charge in [-0.15, -0.1) is 12.4 Å². The van der Waals surface area contributed by atoms with E-state index in [1.165, 1.54) is 7.11 Å². The molecule has 0 radical (unpaired) electrons. The Morgan fingerprint density at radius 1 is 1.64 bits per heavy atom. The van der Waals surface area contributed by atoms with E-state index < -0.39 is 0 Å². The van der Waals surface area contributed by atoms with Crippen LogP contribution in [-0.2, 0) is 9.53 Å². The maximum atomic E-state index is 10.9. The third-order valence-electron chi connectivity index (χ3n) is 1.84. The standard InChI is InChI=1S/C7H13NO2.ClH/c1-5-3-6(8-4-5)7(9)10-2;/h5-6,8H,3-4H2,1-2H3;1H/t5-,6-;/m1./s1. The van der Waals surface area contributed by atoms with Crippen molar-refractivity contribution in [3.8, 4) is 0 Å². The molecule has 3 nitrogen and oxygen atoms in total. The van der Waals surface area contributed by atoms with Gasteiger partial charge in [0, 0.05) is 0 Å². The Balaban J connectivity index is 0.000001000. The van der Waals surface area contributed by atoms with Crippen molar-refractivity contribution in [1.29, 1.82) is 0 Å². The minimum Gasteiger partial charge on any atom is -0.468 e. The van der Waals surface area contributed by atoms with Crippen LogP contribution in [0, 0.1) is 5.92 Å². The van der Waals surface area contributed by atoms with Crippen molar-refractivity contribution in [1.82, 2.24) is 5.32 Å². The van der Waals surface area contributed by atoms with Gasteiger partial charge < -0.3 is 10.1 Å². The quantitative estimate of drug-likeness (QED) is 0.599. The highest BCUT2D eigenvalue weighted by Gasteiger charge is 2.26. The van der Waals surface area contributed by atoms with E-state index in [2.05, 4.69) is 17.0 Å². The molecule has 0 aliphatic carbocycles. The van der Waals surface area contributed by atoms with Crippen molar-refractivity contribution >= 4 is 18.4 Å². The summed E-state index contributed by atoms with van der Waals surface area (Å²) in [5, 5.41) is 3.08. The summed E-state index contributed by atoms with van der Waals surface area (Å²) >= 11 is 0. The third-order valence-corrected chi connectivity index (χ3v) is 1.84. The molecule has 0 saturated carbocycles. The van der Waals surface area contributed by atoms with Crippen molar-refractivity contribution in [2.45, 2.75) is 19.4 Å². The molecule has 11 heavy (non-hydrogen) atoms. The number of rotatable bonds is 1. The van der Waals surface area contributed by atoms with Gasteiger partial charge in [-0.3, -0.25) is 4.79 Å². The van der Waals surface area contributed by atoms with Gasteiger partial charge in [-0.2, -0.15) is 0 Å². The van der Waals surface area contributed by atoms with Crippen LogP contribution in [-0.4, -0.2) is 25.7 Å². The summed E-state index contributed by atoms with van der Waals surface area (Å²) in [6.45, 7) is 3.05. The molecule has 1 N–H and O–H groups in total. The lowest BCUT2D eigenvalue weighted by Crippen LogP contribution is -2.31. The van der Waals surface area contributed by atoms with Gasteiger partial charge in [-0.25, -0.2) is 0 Å². The van der Waals surface area contributed by atoms with Gasteiger partial charge >= 0.3 is 5.97 Å². The van der Waals surface area contributed by atoms with Gasteiger partial charge in [0.1, 0.15) is 6.04 Å². The second-order valence-electron chi connectivity index (χ2n) is 2.82. The van der Waals surface area contributed by atoms with Gasteiger partial charge in [0.25, 0.3) is 0 Å². The summed E-state index contributed by atoms with van der Waals surface area (Å²) in [5.41, 5.74) is 0. The highest BCUT2D eigenvalue weighted by molar-refractivity contribution is 5.85. The number of halogens is 1. The minimum absolute atomic E-state index is 0. The normalized spacial score (nSPS) is 29.3. The van der Waals surface area contributed by atoms with Crippen LogP contribution in [0.15, 0.2) is 0 Å². The molecular weight excluding hydrogens is 166 g/mol. The highest BCUT2D eigenvalue weighted by atomic mass is 35.5. The first-order chi connectivity index (χ1) is 4.74. The van der Waals surface area contributed by atoms with Crippen LogP contribution in [0.25, 0.3) is 0 Å². The first kappa shape index (κ1) is 10.7. The Morgan fingerprint density at radius 3 is 2.64 bits per heavy atom. The fourth-order valence-corrected chi connectivity index (χ4v) is 1.23. The molecule has 1 aliphatic heterocycles. The molecule has 0 amide bonds. The summed E-state index contributed by atoms with van der Waals surface area (Å²) in [4.78, 5) is 10.9. The van der Waals surface area contributed by atoms with E-state index in [9.17, 15) is 4.79 Å². The van der Waals surface area contributed by atoms with Crippen molar-refractivity contribution < 1.29 is 9.53 Å². The average molecular weight is 180 g/mol. The predicted octanol–water partition coefficient (Wildman–Crippen LogP) is 0.579. The molecule has 0 aromatic heterocycles. The fraction of sp³-hybridized carbons (Fsp3) is 0.857. The van der Waals surface area contributed by atoms with Gasteiger partial charge in [0.15, 0.2) is 0 Å². The van der Waals surface area contributed by atoms with Crippen LogP contribution in [0.1, 0.15) is 13.3 Å². The molecule has 0 bridgehead atoms. The first-order valence-corrected chi connectivity index (χ1v) is 3.55. The van der Waals surface area contributed by atoms with Crippen LogP contribution in [0.2, 0.25) is 0 Å². The van der Waals surface area contributed by atoms with Crippen LogP contribution < -0.4 is 5.32 Å². The van der Waals surface area contributed by atoms with E-state index in [1.807, 2.05) is 0 Å². The summed E-state index contributed by atoms with van der Waals surface area (Å²) in [6.07, 6.45) is 0.909. The molecule has 4 heteroatoms. The largest absolute Gasteiger partial charge is 0.468 e. The monoisotopic (exact) mass is 179 g/mol. The molecule has 1 fully saturated rings. The van der Waals surface area contributed by atoms with Crippen molar-refractivity contribution in [2.24, 2.45) is 5.92 Å². The van der Waals surface area contributed by atoms with Crippen LogP contribution in [0.4, 0.5) is 0 Å². The highest BCUT2D eigenvalue weighted by Crippen LogP contribution is 2.13. The summed E-state index contributed by atoms with van der Waals surface area (Å²) in [5.74, 6) is 0.466. The van der Waals surface area contributed by atoms with E-state index in [1.54, 1.807) is 0 Å². The van der Waals surface area contributed by atoms with Crippen LogP contribution in [0.3, 0.4) is 0 Å². The molecule has 1 saturated heterocycles. The van der Waals surface area contributed by atoms with E-state index in [4.69, 9.17) is 0 Å². The summed E-state index contributed by atoms with van der Waals surface area (Å²) < 4.78 is 4.58. The van der Waals surface area contributed by atoms with E-state index in [-0.39, 0.29) is 24.4 Å². The Bertz CT molecular complexity index is 140. The van der Waals surface area contributed by atoms with E-state index in [0.29, 0.717) is 5.92 Å². The summed E-state index contributed by atoms with van der Waals surface area (Å²) in [6, 6.07) is -0.0556. The lowest BCUT2D eigenvalue weighted by atomic mass is 10.1. The van der Waals surface area contributed by atoms with Crippen molar-refractivity contribution in [2.75, 3.05) is 13.7 Å². The molecule has 1 aliphatic rings. The molecule has 0 spiro atoms. The molecule has 1 rings (SSSR count). The number of ether oxygens (including phenoxy) is 1. The van der Waals surface area contributed by atoms with E-state index >= 15 is 0 Å². The first-order valence-electron chi connectivity index (χ1n) is 3.55. The molecule has 0 aromatic carbocycles. The maximum absolute atomic E-state index is 10.9. The van der Waals surface area contributed by atoms with Gasteiger partial charge in [-0.1, -0.05) is 6.92 Å². The predicted molar refractivity (Wildman–Crippen MR) is 44.8 cm³/mol. The topological polar surface area (TPSA) is 38.3 Å². The Hall–Kier alpha value is -0.280. The number of carbonyl (C=O) groups excluding carboxylic acids is 1. The second kappa shape index (κ2) is 4.57. The van der Waals surface area contributed by atoms with Crippen LogP contribution in [0.5, 0.6) is 0 Å². The average Bonchev–Trinajstić information content (AvgIpc) is 2.34. The minimum atomic E-state index is -0.135. The Labute approximate surface area is 72.9 Å². The van der Waals surface area contributed by atoms with Gasteiger partial charge in [-0.05, 0) is 18.9 Å². The van der Waals surface area contributed by atoms with Crippen LogP contribution >= 0.6 is 12.4 Å². The fourth-order valence-electron chi connectivity index (χ4n) is 1.23. The zero-order chi connectivity index (χ0) is 7.56. The van der Waals surface area contributed by atoms with Crippen molar-refractivity contribution in [3.05, 3.63) is 0 Å². The lowest BCUT2D eigenvalue weighted by Gasteiger charge is -2.05. The Morgan fingerprint density at radius 2 is 2.27 bits per heavy atom. The molecule has 66 valence electrons. The maximum Gasteiger partial charge on any atom is 0.322 e. The molecule has 1 heterocycles. The molecule has 0 unspecified atom stereocenters. The number of nitrogens with one attached hydrogen (secondary N) is 1.